The zero-order chi connectivity index (χ0) is 19.3. The van der Waals surface area contributed by atoms with Gasteiger partial charge in [0.2, 0.25) is 5.95 Å². The summed E-state index contributed by atoms with van der Waals surface area (Å²) in [6.45, 7) is 1.29. The van der Waals surface area contributed by atoms with E-state index in [9.17, 15) is 4.79 Å². The standard InChI is InChI=1S/C21H25N5O2/c1-28-18-7-4-5-15(11-18)13-22-21-24-17(12-20(27)25-21)9-10-26-19-8-3-2-6-16(19)14-23-26/h4-5,7,11-12,14H,2-3,6,8-10,13H2,1H3,(H2,22,24,25,27). The Kier molecular flexibility index (Phi) is 5.41. The lowest BCUT2D eigenvalue weighted by atomic mass is 9.98. The van der Waals surface area contributed by atoms with Crippen molar-refractivity contribution in [3.8, 4) is 5.75 Å². The summed E-state index contributed by atoms with van der Waals surface area (Å²) in [5.41, 5.74) is 4.37. The fourth-order valence-electron chi connectivity index (χ4n) is 3.66. The lowest BCUT2D eigenvalue weighted by molar-refractivity contribution is 0.414. The van der Waals surface area contributed by atoms with Gasteiger partial charge in [0.05, 0.1) is 19.0 Å². The van der Waals surface area contributed by atoms with Gasteiger partial charge in [0, 0.05) is 31.3 Å². The van der Waals surface area contributed by atoms with Gasteiger partial charge < -0.3 is 10.1 Å². The molecular formula is C21H25N5O2. The Morgan fingerprint density at radius 2 is 2.14 bits per heavy atom. The summed E-state index contributed by atoms with van der Waals surface area (Å²) in [4.78, 5) is 19.4. The average molecular weight is 379 g/mol. The number of nitrogens with one attached hydrogen (secondary N) is 2. The molecule has 7 nitrogen and oxygen atoms in total. The Labute approximate surface area is 163 Å². The Hall–Kier alpha value is -3.09. The number of methoxy groups -OCH3 is 1. The van der Waals surface area contributed by atoms with E-state index in [1.54, 1.807) is 13.2 Å². The molecule has 0 bridgehead atoms. The quantitative estimate of drug-likeness (QED) is 0.659. The molecule has 4 rings (SSSR count). The van der Waals surface area contributed by atoms with Crippen molar-refractivity contribution in [1.82, 2.24) is 19.7 Å². The van der Waals surface area contributed by atoms with Gasteiger partial charge in [0.25, 0.3) is 5.56 Å². The number of aromatic amines is 1. The SMILES string of the molecule is COc1cccc(CNc2nc(CCn3ncc4c3CCCC4)cc(=O)[nH]2)c1. The normalized spacial score (nSPS) is 13.2. The number of ether oxygens (including phenoxy) is 1. The number of hydrogen-bond acceptors (Lipinski definition) is 5. The number of hydrogen-bond donors (Lipinski definition) is 2. The average Bonchev–Trinajstić information content (AvgIpc) is 3.14. The number of rotatable bonds is 7. The minimum Gasteiger partial charge on any atom is -0.497 e. The Morgan fingerprint density at radius 1 is 1.25 bits per heavy atom. The Balaban J connectivity index is 1.42. The van der Waals surface area contributed by atoms with E-state index in [0.717, 1.165) is 36.4 Å². The smallest absolute Gasteiger partial charge is 0.252 e. The van der Waals surface area contributed by atoms with Crippen LogP contribution in [0.5, 0.6) is 5.75 Å². The first-order valence-electron chi connectivity index (χ1n) is 9.72. The van der Waals surface area contributed by atoms with Crippen molar-refractivity contribution in [1.29, 1.82) is 0 Å². The van der Waals surface area contributed by atoms with Crippen LogP contribution in [0.2, 0.25) is 0 Å². The molecule has 0 saturated carbocycles. The molecule has 0 spiro atoms. The largest absolute Gasteiger partial charge is 0.497 e. The number of aromatic nitrogens is 4. The van der Waals surface area contributed by atoms with Gasteiger partial charge in [-0.2, -0.15) is 5.10 Å². The summed E-state index contributed by atoms with van der Waals surface area (Å²) in [5.74, 6) is 1.28. The molecule has 0 unspecified atom stereocenters. The van der Waals surface area contributed by atoms with Crippen LogP contribution in [0.4, 0.5) is 5.95 Å². The minimum absolute atomic E-state index is 0.152. The van der Waals surface area contributed by atoms with Crippen LogP contribution in [0.25, 0.3) is 0 Å². The van der Waals surface area contributed by atoms with Gasteiger partial charge in [-0.05, 0) is 48.9 Å². The van der Waals surface area contributed by atoms with Crippen molar-refractivity contribution in [2.24, 2.45) is 0 Å². The first-order chi connectivity index (χ1) is 13.7. The molecule has 28 heavy (non-hydrogen) atoms. The molecule has 146 valence electrons. The van der Waals surface area contributed by atoms with Crippen LogP contribution in [-0.4, -0.2) is 26.9 Å². The van der Waals surface area contributed by atoms with Crippen molar-refractivity contribution in [3.05, 3.63) is 69.4 Å². The van der Waals surface area contributed by atoms with E-state index in [2.05, 4.69) is 25.1 Å². The van der Waals surface area contributed by atoms with E-state index in [4.69, 9.17) is 4.74 Å². The van der Waals surface area contributed by atoms with Gasteiger partial charge in [-0.15, -0.1) is 0 Å². The first-order valence-corrected chi connectivity index (χ1v) is 9.72. The van der Waals surface area contributed by atoms with Gasteiger partial charge in [0.15, 0.2) is 0 Å². The van der Waals surface area contributed by atoms with Gasteiger partial charge >= 0.3 is 0 Å². The van der Waals surface area contributed by atoms with Crippen molar-refractivity contribution < 1.29 is 4.74 Å². The Morgan fingerprint density at radius 3 is 3.04 bits per heavy atom. The topological polar surface area (TPSA) is 84.8 Å². The summed E-state index contributed by atoms with van der Waals surface area (Å²) in [6, 6.07) is 9.35. The van der Waals surface area contributed by atoms with Crippen LogP contribution < -0.4 is 15.6 Å². The summed E-state index contributed by atoms with van der Waals surface area (Å²) < 4.78 is 7.31. The van der Waals surface area contributed by atoms with Gasteiger partial charge in [-0.3, -0.25) is 14.5 Å². The second-order valence-corrected chi connectivity index (χ2v) is 7.09. The molecule has 2 aromatic heterocycles. The molecule has 3 aromatic rings. The highest BCUT2D eigenvalue weighted by atomic mass is 16.5. The van der Waals surface area contributed by atoms with Crippen molar-refractivity contribution >= 4 is 5.95 Å². The number of benzene rings is 1. The van der Waals surface area contributed by atoms with E-state index in [1.165, 1.54) is 24.1 Å². The van der Waals surface area contributed by atoms with Crippen LogP contribution in [-0.2, 0) is 32.4 Å². The van der Waals surface area contributed by atoms with Crippen LogP contribution in [0, 0.1) is 0 Å². The summed E-state index contributed by atoms with van der Waals surface area (Å²) >= 11 is 0. The maximum Gasteiger partial charge on any atom is 0.252 e. The fraction of sp³-hybridized carbons (Fsp3) is 0.381. The highest BCUT2D eigenvalue weighted by Gasteiger charge is 2.15. The lowest BCUT2D eigenvalue weighted by Crippen LogP contribution is -2.16. The van der Waals surface area contributed by atoms with E-state index in [1.807, 2.05) is 30.5 Å². The number of nitrogens with zero attached hydrogens (tertiary/aromatic N) is 3. The molecule has 7 heteroatoms. The number of H-pyrrole nitrogens is 1. The fourth-order valence-corrected chi connectivity index (χ4v) is 3.66. The second-order valence-electron chi connectivity index (χ2n) is 7.09. The molecule has 0 aliphatic heterocycles. The molecule has 1 aliphatic rings. The predicted molar refractivity (Wildman–Crippen MR) is 108 cm³/mol. The first kappa shape index (κ1) is 18.3. The molecule has 1 aromatic carbocycles. The molecule has 0 radical (unpaired) electrons. The highest BCUT2D eigenvalue weighted by molar-refractivity contribution is 5.33. The van der Waals surface area contributed by atoms with Crippen molar-refractivity contribution in [2.45, 2.75) is 45.2 Å². The molecule has 1 aliphatic carbocycles. The summed E-state index contributed by atoms with van der Waals surface area (Å²) in [6.07, 6.45) is 7.34. The van der Waals surface area contributed by atoms with Crippen LogP contribution in [0.1, 0.15) is 35.4 Å². The van der Waals surface area contributed by atoms with Crippen LogP contribution in [0.3, 0.4) is 0 Å². The zero-order valence-corrected chi connectivity index (χ0v) is 16.1. The summed E-state index contributed by atoms with van der Waals surface area (Å²) in [7, 11) is 1.64. The van der Waals surface area contributed by atoms with Crippen LogP contribution in [0.15, 0.2) is 41.3 Å². The predicted octanol–water partition coefficient (Wildman–Crippen LogP) is 2.71. The molecule has 0 amide bonds. The number of fused-ring (bicyclic) bond motifs is 1. The number of anilines is 1. The van der Waals surface area contributed by atoms with E-state index >= 15 is 0 Å². The third kappa shape index (κ3) is 4.24. The molecule has 0 fully saturated rings. The van der Waals surface area contributed by atoms with E-state index in [0.29, 0.717) is 18.9 Å². The maximum absolute atomic E-state index is 12.0. The molecule has 0 saturated heterocycles. The van der Waals surface area contributed by atoms with E-state index in [-0.39, 0.29) is 5.56 Å². The highest BCUT2D eigenvalue weighted by Crippen LogP contribution is 2.20. The molecular weight excluding hydrogens is 354 g/mol. The third-order valence-corrected chi connectivity index (χ3v) is 5.11. The van der Waals surface area contributed by atoms with E-state index < -0.39 is 0 Å². The number of aryl methyl sites for hydroxylation is 3. The minimum atomic E-state index is -0.152. The molecule has 2 N–H and O–H groups in total. The van der Waals surface area contributed by atoms with Crippen molar-refractivity contribution in [3.63, 3.8) is 0 Å². The van der Waals surface area contributed by atoms with Gasteiger partial charge in [-0.25, -0.2) is 4.98 Å². The molecule has 0 atom stereocenters. The second kappa shape index (κ2) is 8.29. The third-order valence-electron chi connectivity index (χ3n) is 5.11. The Bertz CT molecular complexity index is 1010. The zero-order valence-electron chi connectivity index (χ0n) is 16.1. The lowest BCUT2D eigenvalue weighted by Gasteiger charge is -2.14. The van der Waals surface area contributed by atoms with Crippen molar-refractivity contribution in [2.75, 3.05) is 12.4 Å². The van der Waals surface area contributed by atoms with Gasteiger partial charge in [-0.1, -0.05) is 12.1 Å². The molecule has 2 heterocycles. The van der Waals surface area contributed by atoms with Gasteiger partial charge in [0.1, 0.15) is 5.75 Å². The van der Waals surface area contributed by atoms with Crippen LogP contribution >= 0.6 is 0 Å². The maximum atomic E-state index is 12.0. The monoisotopic (exact) mass is 379 g/mol. The summed E-state index contributed by atoms with van der Waals surface area (Å²) in [5, 5.41) is 7.72.